The number of nitrogens with one attached hydrogen (secondary N) is 1. The number of hydrogen-bond donors (Lipinski definition) is 3. The zero-order chi connectivity index (χ0) is 16.3. The molecule has 0 radical (unpaired) electrons. The predicted molar refractivity (Wildman–Crippen MR) is 70.7 cm³/mol. The van der Waals surface area contributed by atoms with Gasteiger partial charge in [0.2, 0.25) is 0 Å². The number of aryl methyl sites for hydroxylation is 1. The van der Waals surface area contributed by atoms with Crippen LogP contribution >= 0.6 is 0 Å². The minimum atomic E-state index is -2.86. The molecule has 1 aromatic heterocycles. The van der Waals surface area contributed by atoms with Gasteiger partial charge in [0.15, 0.2) is 5.69 Å². The third-order valence-corrected chi connectivity index (χ3v) is 3.53. The van der Waals surface area contributed by atoms with Gasteiger partial charge in [-0.2, -0.15) is 0 Å². The smallest absolute Gasteiger partial charge is 0.320 e. The molecule has 0 saturated carbocycles. The Morgan fingerprint density at radius 1 is 1.50 bits per heavy atom. The Hall–Kier alpha value is -2.03. The molecule has 1 amide bonds. The minimum Gasteiger partial charge on any atom is -0.480 e. The van der Waals surface area contributed by atoms with Crippen molar-refractivity contribution in [1.82, 2.24) is 10.5 Å². The molecule has 0 saturated heterocycles. The van der Waals surface area contributed by atoms with Crippen molar-refractivity contribution in [3.63, 3.8) is 0 Å². The van der Waals surface area contributed by atoms with Crippen LogP contribution in [0.1, 0.15) is 41.1 Å². The summed E-state index contributed by atoms with van der Waals surface area (Å²) in [6, 6.07) is -0.990. The van der Waals surface area contributed by atoms with Crippen LogP contribution in [0.3, 0.4) is 0 Å². The molecule has 0 aromatic carbocycles. The van der Waals surface area contributed by atoms with Crippen LogP contribution in [0.5, 0.6) is 0 Å². The van der Waals surface area contributed by atoms with Crippen LogP contribution in [0.4, 0.5) is 8.78 Å². The average Bonchev–Trinajstić information content (AvgIpc) is 2.84. The summed E-state index contributed by atoms with van der Waals surface area (Å²) in [6.45, 7) is 0.178. The number of nitrogens with zero attached hydrogens (tertiary/aromatic N) is 1. The molecule has 9 heteroatoms. The normalized spacial score (nSPS) is 17.6. The van der Waals surface area contributed by atoms with Gasteiger partial charge in [-0.1, -0.05) is 5.16 Å². The third-order valence-electron chi connectivity index (χ3n) is 3.53. The summed E-state index contributed by atoms with van der Waals surface area (Å²) in [4.78, 5) is 22.5. The molecule has 1 aliphatic rings. The maximum Gasteiger partial charge on any atom is 0.320 e. The molecule has 2 rings (SSSR count). The highest BCUT2D eigenvalue weighted by atomic mass is 19.3. The molecular formula is C13H17F2N3O4. The number of rotatable bonds is 6. The Morgan fingerprint density at radius 3 is 2.91 bits per heavy atom. The molecule has 1 atom stereocenters. The zero-order valence-corrected chi connectivity index (χ0v) is 11.8. The van der Waals surface area contributed by atoms with Crippen molar-refractivity contribution in [1.29, 1.82) is 0 Å². The molecule has 1 aliphatic carbocycles. The number of amides is 1. The fourth-order valence-corrected chi connectivity index (χ4v) is 2.27. The van der Waals surface area contributed by atoms with Crippen LogP contribution in [0.2, 0.25) is 0 Å². The summed E-state index contributed by atoms with van der Waals surface area (Å²) in [5, 5.41) is 14.7. The molecule has 0 unspecified atom stereocenters. The number of fused-ring (bicyclic) bond motifs is 1. The van der Waals surface area contributed by atoms with Gasteiger partial charge in [0.1, 0.15) is 11.8 Å². The number of carboxylic acids is 1. The van der Waals surface area contributed by atoms with E-state index in [0.29, 0.717) is 12.2 Å². The molecule has 1 aromatic rings. The van der Waals surface area contributed by atoms with Crippen molar-refractivity contribution in [2.45, 2.75) is 44.1 Å². The van der Waals surface area contributed by atoms with E-state index >= 15 is 0 Å². The molecule has 4 N–H and O–H groups in total. The third kappa shape index (κ3) is 3.79. The summed E-state index contributed by atoms with van der Waals surface area (Å²) in [5.41, 5.74) is 5.35. The molecule has 22 heavy (non-hydrogen) atoms. The maximum atomic E-state index is 13.4. The molecule has 1 heterocycles. The first-order chi connectivity index (χ1) is 10.3. The summed E-state index contributed by atoms with van der Waals surface area (Å²) >= 11 is 0. The van der Waals surface area contributed by atoms with E-state index in [4.69, 9.17) is 15.4 Å². The molecular weight excluding hydrogens is 300 g/mol. The summed E-state index contributed by atoms with van der Waals surface area (Å²) in [6.07, 6.45) is -0.266. The monoisotopic (exact) mass is 317 g/mol. The molecule has 0 spiro atoms. The van der Waals surface area contributed by atoms with E-state index in [0.717, 1.165) is 0 Å². The molecule has 122 valence electrons. The quantitative estimate of drug-likeness (QED) is 0.665. The average molecular weight is 317 g/mol. The second-order valence-corrected chi connectivity index (χ2v) is 5.31. The van der Waals surface area contributed by atoms with Crippen molar-refractivity contribution < 1.29 is 28.0 Å². The van der Waals surface area contributed by atoms with E-state index in [-0.39, 0.29) is 37.1 Å². The highest BCUT2D eigenvalue weighted by molar-refractivity contribution is 5.93. The molecule has 0 bridgehead atoms. The first-order valence-electron chi connectivity index (χ1n) is 6.92. The first-order valence-corrected chi connectivity index (χ1v) is 6.92. The van der Waals surface area contributed by atoms with E-state index in [1.807, 2.05) is 0 Å². The fourth-order valence-electron chi connectivity index (χ4n) is 2.27. The highest BCUT2D eigenvalue weighted by Crippen LogP contribution is 2.34. The van der Waals surface area contributed by atoms with Crippen molar-refractivity contribution in [3.8, 4) is 0 Å². The van der Waals surface area contributed by atoms with Gasteiger partial charge in [0, 0.05) is 31.4 Å². The topological polar surface area (TPSA) is 118 Å². The van der Waals surface area contributed by atoms with E-state index < -0.39 is 30.3 Å². The minimum absolute atomic E-state index is 0.0517. The van der Waals surface area contributed by atoms with Crippen LogP contribution in [0.25, 0.3) is 0 Å². The van der Waals surface area contributed by atoms with Crippen molar-refractivity contribution in [2.75, 3.05) is 6.54 Å². The van der Waals surface area contributed by atoms with Crippen LogP contribution < -0.4 is 11.1 Å². The Morgan fingerprint density at radius 2 is 2.23 bits per heavy atom. The van der Waals surface area contributed by atoms with Crippen LogP contribution in [-0.2, 0) is 17.6 Å². The lowest BCUT2D eigenvalue weighted by atomic mass is 9.93. The highest BCUT2D eigenvalue weighted by Gasteiger charge is 2.39. The summed E-state index contributed by atoms with van der Waals surface area (Å²) in [7, 11) is 0. The molecule has 7 nitrogen and oxygen atoms in total. The summed E-state index contributed by atoms with van der Waals surface area (Å²) in [5.74, 6) is -4.25. The van der Waals surface area contributed by atoms with E-state index in [1.165, 1.54) is 0 Å². The van der Waals surface area contributed by atoms with E-state index in [9.17, 15) is 18.4 Å². The van der Waals surface area contributed by atoms with Gasteiger partial charge in [0.25, 0.3) is 11.8 Å². The Balaban J connectivity index is 1.89. The van der Waals surface area contributed by atoms with Crippen LogP contribution in [0.15, 0.2) is 4.52 Å². The second-order valence-electron chi connectivity index (χ2n) is 5.31. The Bertz CT molecular complexity index is 574. The number of alkyl halides is 2. The SMILES string of the molecule is N[C@@H](CCCNC(=O)c1noc2c1CC(F)(F)CC2)C(=O)O. The van der Waals surface area contributed by atoms with Crippen LogP contribution in [-0.4, -0.2) is 40.6 Å². The van der Waals surface area contributed by atoms with Gasteiger partial charge < -0.3 is 20.7 Å². The van der Waals surface area contributed by atoms with E-state index in [1.54, 1.807) is 0 Å². The number of carbonyl (C=O) groups is 2. The second kappa shape index (κ2) is 6.39. The molecule has 0 fully saturated rings. The number of hydrogen-bond acceptors (Lipinski definition) is 5. The van der Waals surface area contributed by atoms with Crippen LogP contribution in [0, 0.1) is 0 Å². The number of carboxylic acid groups (broad SMARTS) is 1. The van der Waals surface area contributed by atoms with Gasteiger partial charge in [-0.05, 0) is 12.8 Å². The number of aromatic nitrogens is 1. The summed E-state index contributed by atoms with van der Waals surface area (Å²) < 4.78 is 31.7. The van der Waals surface area contributed by atoms with Crippen molar-refractivity contribution >= 4 is 11.9 Å². The van der Waals surface area contributed by atoms with Gasteiger partial charge in [-0.3, -0.25) is 9.59 Å². The zero-order valence-electron chi connectivity index (χ0n) is 11.8. The van der Waals surface area contributed by atoms with E-state index in [2.05, 4.69) is 10.5 Å². The predicted octanol–water partition coefficient (Wildman–Crippen LogP) is 0.720. The van der Waals surface area contributed by atoms with Crippen molar-refractivity contribution in [3.05, 3.63) is 17.0 Å². The number of halogens is 2. The van der Waals surface area contributed by atoms with Gasteiger partial charge >= 0.3 is 5.97 Å². The lowest BCUT2D eigenvalue weighted by Crippen LogP contribution is -2.33. The van der Waals surface area contributed by atoms with Gasteiger partial charge in [0.05, 0.1) is 0 Å². The van der Waals surface area contributed by atoms with Gasteiger partial charge in [-0.25, -0.2) is 8.78 Å². The lowest BCUT2D eigenvalue weighted by Gasteiger charge is -2.20. The van der Waals surface area contributed by atoms with Crippen molar-refractivity contribution in [2.24, 2.45) is 5.73 Å². The number of carbonyl (C=O) groups excluding carboxylic acids is 1. The number of nitrogens with two attached hydrogens (primary N) is 1. The Labute approximate surface area is 124 Å². The van der Waals surface area contributed by atoms with Gasteiger partial charge in [-0.15, -0.1) is 0 Å². The maximum absolute atomic E-state index is 13.4. The first kappa shape index (κ1) is 16.3. The largest absolute Gasteiger partial charge is 0.480 e. The lowest BCUT2D eigenvalue weighted by molar-refractivity contribution is -0.138. The standard InChI is InChI=1S/C13H17F2N3O4/c14-13(15)4-3-9-7(6-13)10(18-22-9)11(19)17-5-1-2-8(16)12(20)21/h8H,1-6,16H2,(H,17,19)(H,20,21)/t8-/m0/s1. The molecule has 0 aliphatic heterocycles. The Kier molecular flexibility index (Phi) is 4.74. The fraction of sp³-hybridized carbons (Fsp3) is 0.615. The number of aliphatic carboxylic acids is 1.